The molecule has 146 valence electrons. The molecule has 1 atom stereocenters. The van der Waals surface area contributed by atoms with Crippen LogP contribution in [0.2, 0.25) is 0 Å². The number of ether oxygens (including phenoxy) is 2. The maximum absolute atomic E-state index is 12.2. The van der Waals surface area contributed by atoms with Crippen LogP contribution in [0, 0.1) is 10.1 Å². The summed E-state index contributed by atoms with van der Waals surface area (Å²) < 4.78 is 9.92. The number of amides is 2. The average Bonchev–Trinajstić information content (AvgIpc) is 2.67. The molecule has 2 aromatic rings. The van der Waals surface area contributed by atoms with E-state index in [1.165, 1.54) is 50.4 Å². The number of rotatable bonds is 7. The molecule has 0 radical (unpaired) electrons. The van der Waals surface area contributed by atoms with Gasteiger partial charge in [0.05, 0.1) is 17.6 Å². The maximum atomic E-state index is 12.2. The quantitative estimate of drug-likeness (QED) is 0.418. The number of esters is 1. The third-order valence-corrected chi connectivity index (χ3v) is 3.70. The van der Waals surface area contributed by atoms with Crippen molar-refractivity contribution in [2.45, 2.75) is 13.0 Å². The lowest BCUT2D eigenvalue weighted by Crippen LogP contribution is -2.30. The maximum Gasteiger partial charge on any atom is 0.339 e. The zero-order valence-corrected chi connectivity index (χ0v) is 15.0. The Morgan fingerprint density at radius 3 is 2.25 bits per heavy atom. The first kappa shape index (κ1) is 20.4. The van der Waals surface area contributed by atoms with E-state index in [9.17, 15) is 24.5 Å². The highest BCUT2D eigenvalue weighted by atomic mass is 16.6. The average molecular weight is 387 g/mol. The van der Waals surface area contributed by atoms with Crippen LogP contribution in [0.1, 0.15) is 27.6 Å². The highest BCUT2D eigenvalue weighted by Crippen LogP contribution is 2.27. The number of benzene rings is 2. The Kier molecular flexibility index (Phi) is 6.27. The summed E-state index contributed by atoms with van der Waals surface area (Å²) in [6.45, 7) is 1.35. The monoisotopic (exact) mass is 387 g/mol. The second kappa shape index (κ2) is 8.62. The van der Waals surface area contributed by atoms with E-state index in [2.05, 4.69) is 5.32 Å². The number of primary amides is 1. The van der Waals surface area contributed by atoms with Gasteiger partial charge in [0.2, 0.25) is 5.91 Å². The van der Waals surface area contributed by atoms with Crippen molar-refractivity contribution < 1.29 is 28.8 Å². The predicted molar refractivity (Wildman–Crippen MR) is 98.1 cm³/mol. The number of nitrogens with two attached hydrogens (primary N) is 1. The number of anilines is 1. The molecule has 0 heterocycles. The predicted octanol–water partition coefficient (Wildman–Crippen LogP) is 1.89. The molecule has 10 heteroatoms. The Morgan fingerprint density at radius 1 is 1.11 bits per heavy atom. The molecular weight excluding hydrogens is 370 g/mol. The summed E-state index contributed by atoms with van der Waals surface area (Å²) in [4.78, 5) is 45.7. The lowest BCUT2D eigenvalue weighted by Gasteiger charge is -2.14. The molecule has 0 aliphatic heterocycles. The molecule has 28 heavy (non-hydrogen) atoms. The molecule has 3 N–H and O–H groups in total. The van der Waals surface area contributed by atoms with Crippen molar-refractivity contribution in [1.82, 2.24) is 0 Å². The number of nitro benzene ring substituents is 1. The number of hydrogen-bond donors (Lipinski definition) is 2. The number of carbonyl (C=O) groups excluding carboxylic acids is 3. The third kappa shape index (κ3) is 4.81. The van der Waals surface area contributed by atoms with Gasteiger partial charge in [0.15, 0.2) is 11.9 Å². The van der Waals surface area contributed by atoms with Gasteiger partial charge in [-0.1, -0.05) is 0 Å². The molecule has 0 unspecified atom stereocenters. The Hall–Kier alpha value is -3.95. The van der Waals surface area contributed by atoms with Crippen LogP contribution in [0.5, 0.6) is 5.75 Å². The molecule has 0 saturated carbocycles. The van der Waals surface area contributed by atoms with E-state index in [4.69, 9.17) is 15.2 Å². The van der Waals surface area contributed by atoms with Gasteiger partial charge in [-0.3, -0.25) is 19.7 Å². The third-order valence-electron chi connectivity index (χ3n) is 3.70. The van der Waals surface area contributed by atoms with Gasteiger partial charge in [-0.25, -0.2) is 4.79 Å². The lowest BCUT2D eigenvalue weighted by molar-refractivity contribution is -0.385. The molecule has 2 amide bonds. The molecule has 0 spiro atoms. The molecule has 0 aromatic heterocycles. The number of hydrogen-bond acceptors (Lipinski definition) is 7. The molecule has 0 aliphatic carbocycles. The fourth-order valence-corrected chi connectivity index (χ4v) is 2.20. The van der Waals surface area contributed by atoms with E-state index < -0.39 is 34.5 Å². The van der Waals surface area contributed by atoms with E-state index in [-0.39, 0.29) is 16.9 Å². The first-order chi connectivity index (χ1) is 13.2. The molecule has 0 bridgehead atoms. The van der Waals surface area contributed by atoms with Gasteiger partial charge >= 0.3 is 11.7 Å². The number of nitrogens with one attached hydrogen (secondary N) is 1. The zero-order chi connectivity index (χ0) is 20.8. The number of nitro groups is 1. The number of methoxy groups -OCH3 is 1. The first-order valence-corrected chi connectivity index (χ1v) is 7.97. The van der Waals surface area contributed by atoms with Crippen LogP contribution in [0.25, 0.3) is 0 Å². The minimum Gasteiger partial charge on any atom is -0.490 e. The highest BCUT2D eigenvalue weighted by Gasteiger charge is 2.23. The smallest absolute Gasteiger partial charge is 0.339 e. The summed E-state index contributed by atoms with van der Waals surface area (Å²) in [5.74, 6) is -2.14. The number of nitrogens with zero attached hydrogens (tertiary/aromatic N) is 1. The van der Waals surface area contributed by atoms with Gasteiger partial charge in [0, 0.05) is 17.3 Å². The van der Waals surface area contributed by atoms with E-state index in [0.717, 1.165) is 6.07 Å². The molecule has 0 fully saturated rings. The summed E-state index contributed by atoms with van der Waals surface area (Å²) in [6.07, 6.45) is -1.18. The summed E-state index contributed by atoms with van der Waals surface area (Å²) in [5, 5.41) is 13.6. The molecular formula is C18H17N3O7. The van der Waals surface area contributed by atoms with Crippen LogP contribution in [0.3, 0.4) is 0 Å². The van der Waals surface area contributed by atoms with Crippen molar-refractivity contribution in [3.8, 4) is 5.75 Å². The fourth-order valence-electron chi connectivity index (χ4n) is 2.20. The van der Waals surface area contributed by atoms with Crippen molar-refractivity contribution >= 4 is 29.2 Å². The summed E-state index contributed by atoms with van der Waals surface area (Å²) in [7, 11) is 1.27. The van der Waals surface area contributed by atoms with E-state index >= 15 is 0 Å². The SMILES string of the molecule is COc1ccc(C(=O)O[C@H](C)C(=O)Nc2ccc(C(N)=O)cc2)cc1[N+](=O)[O-]. The number of carbonyl (C=O) groups is 3. The van der Waals surface area contributed by atoms with Crippen molar-refractivity contribution in [3.63, 3.8) is 0 Å². The fraction of sp³-hybridized carbons (Fsp3) is 0.167. The van der Waals surface area contributed by atoms with Crippen LogP contribution in [0.4, 0.5) is 11.4 Å². The van der Waals surface area contributed by atoms with Crippen LogP contribution in [-0.2, 0) is 9.53 Å². The Morgan fingerprint density at radius 2 is 1.71 bits per heavy atom. The zero-order valence-electron chi connectivity index (χ0n) is 15.0. The Bertz CT molecular complexity index is 925. The molecule has 0 aliphatic rings. The van der Waals surface area contributed by atoms with Crippen LogP contribution in [-0.4, -0.2) is 35.9 Å². The lowest BCUT2D eigenvalue weighted by atomic mass is 10.2. The summed E-state index contributed by atoms with van der Waals surface area (Å²) >= 11 is 0. The Balaban J connectivity index is 2.05. The molecule has 10 nitrogen and oxygen atoms in total. The van der Waals surface area contributed by atoms with E-state index in [1.54, 1.807) is 0 Å². The van der Waals surface area contributed by atoms with Gasteiger partial charge < -0.3 is 20.5 Å². The van der Waals surface area contributed by atoms with Crippen molar-refractivity contribution in [1.29, 1.82) is 0 Å². The van der Waals surface area contributed by atoms with Gasteiger partial charge in [-0.15, -0.1) is 0 Å². The molecule has 2 rings (SSSR count). The second-order valence-corrected chi connectivity index (χ2v) is 5.62. The van der Waals surface area contributed by atoms with Crippen LogP contribution in [0.15, 0.2) is 42.5 Å². The highest BCUT2D eigenvalue weighted by molar-refractivity contribution is 5.98. The van der Waals surface area contributed by atoms with Crippen molar-refractivity contribution in [3.05, 3.63) is 63.7 Å². The standard InChI is InChI=1S/C18H17N3O7/c1-10(17(23)20-13-6-3-11(4-7-13)16(19)22)28-18(24)12-5-8-15(27-2)14(9-12)21(25)26/h3-10H,1-2H3,(H2,19,22)(H,20,23)/t10-/m1/s1. The summed E-state index contributed by atoms with van der Waals surface area (Å²) in [6, 6.07) is 9.38. The second-order valence-electron chi connectivity index (χ2n) is 5.62. The first-order valence-electron chi connectivity index (χ1n) is 7.97. The molecule has 0 saturated heterocycles. The largest absolute Gasteiger partial charge is 0.490 e. The van der Waals surface area contributed by atoms with Gasteiger partial charge in [-0.05, 0) is 43.3 Å². The van der Waals surface area contributed by atoms with E-state index in [0.29, 0.717) is 5.69 Å². The normalized spacial score (nSPS) is 11.2. The van der Waals surface area contributed by atoms with Crippen molar-refractivity contribution in [2.75, 3.05) is 12.4 Å². The summed E-state index contributed by atoms with van der Waals surface area (Å²) in [5.41, 5.74) is 5.29. The van der Waals surface area contributed by atoms with Gasteiger partial charge in [-0.2, -0.15) is 0 Å². The van der Waals surface area contributed by atoms with Crippen LogP contribution >= 0.6 is 0 Å². The van der Waals surface area contributed by atoms with Gasteiger partial charge in [0.25, 0.3) is 5.91 Å². The minimum absolute atomic E-state index is 0.00764. The molecule has 2 aromatic carbocycles. The minimum atomic E-state index is -1.18. The van der Waals surface area contributed by atoms with E-state index in [1.807, 2.05) is 0 Å². The Labute approximate surface area is 159 Å². The van der Waals surface area contributed by atoms with Gasteiger partial charge in [0.1, 0.15) is 0 Å². The van der Waals surface area contributed by atoms with Crippen LogP contribution < -0.4 is 15.8 Å². The topological polar surface area (TPSA) is 151 Å². The van der Waals surface area contributed by atoms with Crippen molar-refractivity contribution in [2.24, 2.45) is 5.73 Å².